The molecule has 0 bridgehead atoms. The van der Waals surface area contributed by atoms with Gasteiger partial charge in [-0.25, -0.2) is 4.39 Å². The van der Waals surface area contributed by atoms with Gasteiger partial charge in [0.15, 0.2) is 0 Å². The second-order valence-corrected chi connectivity index (χ2v) is 5.36. The van der Waals surface area contributed by atoms with Crippen LogP contribution >= 0.6 is 0 Å². The molecular formula is C19H22FNO2. The summed E-state index contributed by atoms with van der Waals surface area (Å²) in [5.41, 5.74) is 1.60. The van der Waals surface area contributed by atoms with E-state index < -0.39 is 0 Å². The van der Waals surface area contributed by atoms with Crippen molar-refractivity contribution in [3.05, 3.63) is 65.5 Å². The fourth-order valence-electron chi connectivity index (χ4n) is 2.11. The number of unbranched alkanes of at least 4 members (excludes halogenated alkanes) is 1. The highest BCUT2D eigenvalue weighted by Gasteiger charge is 2.05. The molecule has 0 heterocycles. The SMILES string of the molecule is CCCCOc1ccc(C(=O)NCCc2ccc(F)cc2)cc1. The lowest BCUT2D eigenvalue weighted by atomic mass is 10.1. The van der Waals surface area contributed by atoms with Crippen LogP contribution in [-0.4, -0.2) is 19.1 Å². The van der Waals surface area contributed by atoms with Crippen LogP contribution in [0.4, 0.5) is 4.39 Å². The van der Waals surface area contributed by atoms with E-state index in [-0.39, 0.29) is 11.7 Å². The van der Waals surface area contributed by atoms with E-state index in [1.165, 1.54) is 12.1 Å². The van der Waals surface area contributed by atoms with Crippen LogP contribution < -0.4 is 10.1 Å². The molecule has 4 heteroatoms. The van der Waals surface area contributed by atoms with Gasteiger partial charge in [-0.2, -0.15) is 0 Å². The van der Waals surface area contributed by atoms with Gasteiger partial charge in [0.05, 0.1) is 6.61 Å². The predicted octanol–water partition coefficient (Wildman–Crippen LogP) is 3.98. The molecular weight excluding hydrogens is 293 g/mol. The molecule has 2 aromatic rings. The van der Waals surface area contributed by atoms with Gasteiger partial charge >= 0.3 is 0 Å². The topological polar surface area (TPSA) is 38.3 Å². The standard InChI is InChI=1S/C19H22FNO2/c1-2-3-14-23-18-10-6-16(7-11-18)19(22)21-13-12-15-4-8-17(20)9-5-15/h4-11H,2-3,12-14H2,1H3,(H,21,22). The van der Waals surface area contributed by atoms with Crippen molar-refractivity contribution in [1.29, 1.82) is 0 Å². The number of hydrogen-bond donors (Lipinski definition) is 1. The fourth-order valence-corrected chi connectivity index (χ4v) is 2.11. The minimum absolute atomic E-state index is 0.118. The molecule has 0 aromatic heterocycles. The lowest BCUT2D eigenvalue weighted by molar-refractivity contribution is 0.0954. The highest BCUT2D eigenvalue weighted by Crippen LogP contribution is 2.12. The normalized spacial score (nSPS) is 10.3. The summed E-state index contributed by atoms with van der Waals surface area (Å²) in [6.45, 7) is 3.32. The Balaban J connectivity index is 1.77. The molecule has 0 fully saturated rings. The Morgan fingerprint density at radius 2 is 1.78 bits per heavy atom. The third kappa shape index (κ3) is 5.74. The summed E-state index contributed by atoms with van der Waals surface area (Å²) in [5, 5.41) is 2.86. The third-order valence-electron chi connectivity index (χ3n) is 3.50. The van der Waals surface area contributed by atoms with Gasteiger partial charge in [-0.3, -0.25) is 4.79 Å². The molecule has 0 atom stereocenters. The summed E-state index contributed by atoms with van der Waals surface area (Å²) >= 11 is 0. The first kappa shape index (κ1) is 17.0. The Kier molecular flexibility index (Phi) is 6.60. The third-order valence-corrected chi connectivity index (χ3v) is 3.50. The number of rotatable bonds is 8. The van der Waals surface area contributed by atoms with Crippen molar-refractivity contribution in [3.8, 4) is 5.75 Å². The summed E-state index contributed by atoms with van der Waals surface area (Å²) in [7, 11) is 0. The second-order valence-electron chi connectivity index (χ2n) is 5.36. The zero-order valence-corrected chi connectivity index (χ0v) is 13.3. The minimum atomic E-state index is -0.251. The molecule has 1 amide bonds. The molecule has 0 radical (unpaired) electrons. The molecule has 122 valence electrons. The molecule has 2 aromatic carbocycles. The van der Waals surface area contributed by atoms with Crippen molar-refractivity contribution in [2.45, 2.75) is 26.2 Å². The molecule has 0 spiro atoms. The number of halogens is 1. The van der Waals surface area contributed by atoms with Gasteiger partial charge in [0.1, 0.15) is 11.6 Å². The number of carbonyl (C=O) groups excluding carboxylic acids is 1. The van der Waals surface area contributed by atoms with E-state index >= 15 is 0 Å². The summed E-state index contributed by atoms with van der Waals surface area (Å²) in [6, 6.07) is 13.4. The molecule has 0 saturated heterocycles. The molecule has 0 aliphatic carbocycles. The highest BCUT2D eigenvalue weighted by atomic mass is 19.1. The largest absolute Gasteiger partial charge is 0.494 e. The van der Waals surface area contributed by atoms with Crippen molar-refractivity contribution < 1.29 is 13.9 Å². The Morgan fingerprint density at radius 1 is 1.09 bits per heavy atom. The fraction of sp³-hybridized carbons (Fsp3) is 0.316. The molecule has 0 saturated carbocycles. The van der Waals surface area contributed by atoms with Gasteiger partial charge < -0.3 is 10.1 Å². The van der Waals surface area contributed by atoms with E-state index in [2.05, 4.69) is 12.2 Å². The van der Waals surface area contributed by atoms with Crippen molar-refractivity contribution >= 4 is 5.91 Å². The van der Waals surface area contributed by atoms with Gasteiger partial charge in [0.2, 0.25) is 0 Å². The first-order valence-electron chi connectivity index (χ1n) is 7.94. The van der Waals surface area contributed by atoms with Crippen molar-refractivity contribution in [2.75, 3.05) is 13.2 Å². The number of benzene rings is 2. The number of amides is 1. The molecule has 0 aliphatic rings. The van der Waals surface area contributed by atoms with E-state index in [4.69, 9.17) is 4.74 Å². The first-order valence-corrected chi connectivity index (χ1v) is 7.94. The van der Waals surface area contributed by atoms with E-state index in [1.807, 2.05) is 12.1 Å². The molecule has 0 aliphatic heterocycles. The van der Waals surface area contributed by atoms with Crippen LogP contribution in [0.5, 0.6) is 5.75 Å². The maximum atomic E-state index is 12.8. The number of carbonyl (C=O) groups is 1. The van der Waals surface area contributed by atoms with Gasteiger partial charge in [0.25, 0.3) is 5.91 Å². The van der Waals surface area contributed by atoms with E-state index in [1.54, 1.807) is 24.3 Å². The lowest BCUT2D eigenvalue weighted by Gasteiger charge is -2.08. The van der Waals surface area contributed by atoms with Crippen molar-refractivity contribution in [3.63, 3.8) is 0 Å². The molecule has 1 N–H and O–H groups in total. The maximum absolute atomic E-state index is 12.8. The zero-order chi connectivity index (χ0) is 16.5. The van der Waals surface area contributed by atoms with Crippen LogP contribution in [0.3, 0.4) is 0 Å². The minimum Gasteiger partial charge on any atom is -0.494 e. The van der Waals surface area contributed by atoms with E-state index in [0.29, 0.717) is 25.1 Å². The second kappa shape index (κ2) is 8.93. The summed E-state index contributed by atoms with van der Waals surface area (Å²) < 4.78 is 18.4. The smallest absolute Gasteiger partial charge is 0.251 e. The molecule has 23 heavy (non-hydrogen) atoms. The monoisotopic (exact) mass is 315 g/mol. The summed E-state index contributed by atoms with van der Waals surface area (Å²) in [5.74, 6) is 0.410. The van der Waals surface area contributed by atoms with Gasteiger partial charge in [-0.05, 0) is 54.8 Å². The molecule has 0 unspecified atom stereocenters. The van der Waals surface area contributed by atoms with Crippen LogP contribution in [0.25, 0.3) is 0 Å². The predicted molar refractivity (Wildman–Crippen MR) is 89.3 cm³/mol. The average molecular weight is 315 g/mol. The lowest BCUT2D eigenvalue weighted by Crippen LogP contribution is -2.25. The van der Waals surface area contributed by atoms with Crippen LogP contribution in [0, 0.1) is 5.82 Å². The number of hydrogen-bond acceptors (Lipinski definition) is 2. The highest BCUT2D eigenvalue weighted by molar-refractivity contribution is 5.94. The zero-order valence-electron chi connectivity index (χ0n) is 13.3. The average Bonchev–Trinajstić information content (AvgIpc) is 2.57. The molecule has 2 rings (SSSR count). The summed E-state index contributed by atoms with van der Waals surface area (Å²) in [4.78, 5) is 12.0. The quantitative estimate of drug-likeness (QED) is 0.748. The number of ether oxygens (including phenoxy) is 1. The van der Waals surface area contributed by atoms with Crippen LogP contribution in [0.2, 0.25) is 0 Å². The first-order chi connectivity index (χ1) is 11.2. The van der Waals surface area contributed by atoms with Gasteiger partial charge in [0, 0.05) is 12.1 Å². The van der Waals surface area contributed by atoms with E-state index in [9.17, 15) is 9.18 Å². The van der Waals surface area contributed by atoms with Crippen molar-refractivity contribution in [2.24, 2.45) is 0 Å². The number of nitrogens with one attached hydrogen (secondary N) is 1. The van der Waals surface area contributed by atoms with Gasteiger partial charge in [-0.15, -0.1) is 0 Å². The maximum Gasteiger partial charge on any atom is 0.251 e. The Labute approximate surface area is 136 Å². The Hall–Kier alpha value is -2.36. The van der Waals surface area contributed by atoms with Crippen LogP contribution in [-0.2, 0) is 6.42 Å². The van der Waals surface area contributed by atoms with E-state index in [0.717, 1.165) is 24.2 Å². The van der Waals surface area contributed by atoms with Crippen LogP contribution in [0.15, 0.2) is 48.5 Å². The Morgan fingerprint density at radius 3 is 2.43 bits per heavy atom. The van der Waals surface area contributed by atoms with Crippen LogP contribution in [0.1, 0.15) is 35.7 Å². The summed E-state index contributed by atoms with van der Waals surface area (Å²) in [6.07, 6.45) is 2.78. The Bertz CT molecular complexity index is 608. The van der Waals surface area contributed by atoms with Gasteiger partial charge in [-0.1, -0.05) is 25.5 Å². The molecule has 3 nitrogen and oxygen atoms in total. The van der Waals surface area contributed by atoms with Crippen molar-refractivity contribution in [1.82, 2.24) is 5.32 Å².